The minimum absolute atomic E-state index is 0.326. The third-order valence-corrected chi connectivity index (χ3v) is 3.05. The summed E-state index contributed by atoms with van der Waals surface area (Å²) in [5.41, 5.74) is 0. The summed E-state index contributed by atoms with van der Waals surface area (Å²) in [6, 6.07) is 0. The predicted octanol–water partition coefficient (Wildman–Crippen LogP) is 2.44. The van der Waals surface area contributed by atoms with E-state index in [1.54, 1.807) is 0 Å². The molecule has 0 spiro atoms. The molecule has 1 aliphatic rings. The van der Waals surface area contributed by atoms with Gasteiger partial charge in [-0.25, -0.2) is 0 Å². The van der Waals surface area contributed by atoms with E-state index in [9.17, 15) is 4.79 Å². The molecule has 0 heterocycles. The summed E-state index contributed by atoms with van der Waals surface area (Å²) < 4.78 is 0. The van der Waals surface area contributed by atoms with Crippen LogP contribution in [0.1, 0.15) is 45.4 Å². The quantitative estimate of drug-likeness (QED) is 0.602. The van der Waals surface area contributed by atoms with Crippen LogP contribution in [-0.2, 0) is 4.79 Å². The molecule has 13 heavy (non-hydrogen) atoms. The summed E-state index contributed by atoms with van der Waals surface area (Å²) in [6.45, 7) is 2.88. The number of rotatable bonds is 2. The Bertz CT molecular complexity index is 159. The van der Waals surface area contributed by atoms with Crippen molar-refractivity contribution in [3.05, 3.63) is 0 Å². The summed E-state index contributed by atoms with van der Waals surface area (Å²) in [6.07, 6.45) is 7.35. The molecule has 1 amide bonds. The van der Waals surface area contributed by atoms with Crippen molar-refractivity contribution < 1.29 is 4.79 Å². The van der Waals surface area contributed by atoms with Crippen LogP contribution in [0.15, 0.2) is 0 Å². The van der Waals surface area contributed by atoms with Gasteiger partial charge in [0.25, 0.3) is 0 Å². The molecule has 76 valence electrons. The van der Waals surface area contributed by atoms with Gasteiger partial charge in [0.2, 0.25) is 5.91 Å². The Labute approximate surface area is 81.3 Å². The fourth-order valence-corrected chi connectivity index (χ4v) is 1.99. The lowest BCUT2D eigenvalue weighted by molar-refractivity contribution is -0.134. The minimum atomic E-state index is 0.326. The van der Waals surface area contributed by atoms with E-state index in [2.05, 4.69) is 0 Å². The van der Waals surface area contributed by atoms with E-state index in [-0.39, 0.29) is 0 Å². The first kappa shape index (κ1) is 10.6. The second kappa shape index (κ2) is 5.25. The van der Waals surface area contributed by atoms with Crippen molar-refractivity contribution >= 4 is 5.91 Å². The van der Waals surface area contributed by atoms with Crippen molar-refractivity contribution in [1.29, 1.82) is 0 Å². The maximum Gasteiger partial charge on any atom is 0.225 e. The highest BCUT2D eigenvalue weighted by atomic mass is 16.2. The van der Waals surface area contributed by atoms with E-state index in [4.69, 9.17) is 0 Å². The molecule has 0 bridgehead atoms. The van der Waals surface area contributed by atoms with Crippen molar-refractivity contribution in [2.45, 2.75) is 45.4 Å². The molecule has 2 heteroatoms. The fourth-order valence-electron chi connectivity index (χ4n) is 1.99. The number of carbonyl (C=O) groups excluding carboxylic acids is 1. The summed E-state index contributed by atoms with van der Waals surface area (Å²) in [7, 11) is 1.91. The van der Waals surface area contributed by atoms with Crippen LogP contribution < -0.4 is 0 Å². The van der Waals surface area contributed by atoms with Crippen LogP contribution >= 0.6 is 0 Å². The lowest BCUT2D eigenvalue weighted by Gasteiger charge is -2.21. The van der Waals surface area contributed by atoms with Crippen molar-refractivity contribution in [2.75, 3.05) is 13.6 Å². The third-order valence-electron chi connectivity index (χ3n) is 3.05. The molecule has 1 aliphatic carbocycles. The highest BCUT2D eigenvalue weighted by Crippen LogP contribution is 2.24. The third kappa shape index (κ3) is 3.02. The predicted molar refractivity (Wildman–Crippen MR) is 54.5 cm³/mol. The van der Waals surface area contributed by atoms with E-state index in [1.165, 1.54) is 25.7 Å². The summed E-state index contributed by atoms with van der Waals surface area (Å²) in [5.74, 6) is 0.692. The highest BCUT2D eigenvalue weighted by molar-refractivity contribution is 5.78. The van der Waals surface area contributed by atoms with Gasteiger partial charge in [0.05, 0.1) is 0 Å². The van der Waals surface area contributed by atoms with Crippen molar-refractivity contribution in [1.82, 2.24) is 4.90 Å². The number of carbonyl (C=O) groups is 1. The zero-order valence-electron chi connectivity index (χ0n) is 8.88. The molecule has 0 aromatic heterocycles. The fraction of sp³-hybridized carbons (Fsp3) is 0.909. The van der Waals surface area contributed by atoms with Crippen molar-refractivity contribution in [3.63, 3.8) is 0 Å². The zero-order valence-corrected chi connectivity index (χ0v) is 8.88. The average molecular weight is 183 g/mol. The molecule has 1 saturated carbocycles. The molecular weight excluding hydrogens is 162 g/mol. The van der Waals surface area contributed by atoms with Gasteiger partial charge in [-0.1, -0.05) is 25.7 Å². The minimum Gasteiger partial charge on any atom is -0.346 e. The largest absolute Gasteiger partial charge is 0.346 e. The van der Waals surface area contributed by atoms with Gasteiger partial charge in [-0.3, -0.25) is 4.79 Å². The Hall–Kier alpha value is -0.530. The van der Waals surface area contributed by atoms with E-state index in [1.807, 2.05) is 18.9 Å². The molecule has 0 unspecified atom stereocenters. The standard InChI is InChI=1S/C11H21NO/c1-3-12(2)11(13)10-8-6-4-5-7-9-10/h10H,3-9H2,1-2H3. The molecule has 0 N–H and O–H groups in total. The van der Waals surface area contributed by atoms with Gasteiger partial charge < -0.3 is 4.90 Å². The second-order valence-corrected chi connectivity index (χ2v) is 4.04. The zero-order chi connectivity index (χ0) is 9.68. The van der Waals surface area contributed by atoms with Crippen molar-refractivity contribution in [3.8, 4) is 0 Å². The van der Waals surface area contributed by atoms with Crippen LogP contribution in [0.25, 0.3) is 0 Å². The smallest absolute Gasteiger partial charge is 0.225 e. The molecule has 1 fully saturated rings. The Morgan fingerprint density at radius 1 is 1.23 bits per heavy atom. The topological polar surface area (TPSA) is 20.3 Å². The van der Waals surface area contributed by atoms with Crippen LogP contribution in [0.3, 0.4) is 0 Å². The molecule has 0 atom stereocenters. The van der Waals surface area contributed by atoms with Crippen LogP contribution in [0.5, 0.6) is 0 Å². The Morgan fingerprint density at radius 3 is 2.23 bits per heavy atom. The SMILES string of the molecule is CCN(C)C(=O)C1CCCCCC1. The first-order valence-corrected chi connectivity index (χ1v) is 5.50. The van der Waals surface area contributed by atoms with Crippen LogP contribution in [-0.4, -0.2) is 24.4 Å². The Morgan fingerprint density at radius 2 is 1.77 bits per heavy atom. The first-order chi connectivity index (χ1) is 6.25. The van der Waals surface area contributed by atoms with Gasteiger partial charge in [0, 0.05) is 19.5 Å². The van der Waals surface area contributed by atoms with Gasteiger partial charge in [0.15, 0.2) is 0 Å². The molecule has 0 aliphatic heterocycles. The average Bonchev–Trinajstić information content (AvgIpc) is 2.43. The molecule has 0 saturated heterocycles. The van der Waals surface area contributed by atoms with Gasteiger partial charge in [-0.15, -0.1) is 0 Å². The summed E-state index contributed by atoms with van der Waals surface area (Å²) in [5, 5.41) is 0. The first-order valence-electron chi connectivity index (χ1n) is 5.50. The number of hydrogen-bond acceptors (Lipinski definition) is 1. The maximum absolute atomic E-state index is 11.8. The number of hydrogen-bond donors (Lipinski definition) is 0. The van der Waals surface area contributed by atoms with Gasteiger partial charge in [-0.05, 0) is 19.8 Å². The van der Waals surface area contributed by atoms with E-state index < -0.39 is 0 Å². The van der Waals surface area contributed by atoms with Crippen molar-refractivity contribution in [2.24, 2.45) is 5.92 Å². The molecule has 1 rings (SSSR count). The molecule has 0 radical (unpaired) electrons. The number of amides is 1. The monoisotopic (exact) mass is 183 g/mol. The summed E-state index contributed by atoms with van der Waals surface area (Å²) >= 11 is 0. The lowest BCUT2D eigenvalue weighted by Crippen LogP contribution is -2.32. The van der Waals surface area contributed by atoms with Gasteiger partial charge in [0.1, 0.15) is 0 Å². The van der Waals surface area contributed by atoms with Gasteiger partial charge in [-0.2, -0.15) is 0 Å². The molecular formula is C11H21NO. The normalized spacial score (nSPS) is 19.5. The van der Waals surface area contributed by atoms with Crippen LogP contribution in [0.2, 0.25) is 0 Å². The Kier molecular flexibility index (Phi) is 4.26. The van der Waals surface area contributed by atoms with E-state index in [0.717, 1.165) is 19.4 Å². The van der Waals surface area contributed by atoms with E-state index in [0.29, 0.717) is 11.8 Å². The number of nitrogens with zero attached hydrogens (tertiary/aromatic N) is 1. The molecule has 2 nitrogen and oxygen atoms in total. The second-order valence-electron chi connectivity index (χ2n) is 4.04. The van der Waals surface area contributed by atoms with E-state index >= 15 is 0 Å². The van der Waals surface area contributed by atoms with Crippen LogP contribution in [0, 0.1) is 5.92 Å². The molecule has 0 aromatic rings. The molecule has 0 aromatic carbocycles. The highest BCUT2D eigenvalue weighted by Gasteiger charge is 2.21. The summed E-state index contributed by atoms with van der Waals surface area (Å²) in [4.78, 5) is 13.7. The van der Waals surface area contributed by atoms with Gasteiger partial charge >= 0.3 is 0 Å². The van der Waals surface area contributed by atoms with Crippen LogP contribution in [0.4, 0.5) is 0 Å². The Balaban J connectivity index is 2.43. The lowest BCUT2D eigenvalue weighted by atomic mass is 9.99. The maximum atomic E-state index is 11.8.